The van der Waals surface area contributed by atoms with Crippen LogP contribution in [0.2, 0.25) is 0 Å². The van der Waals surface area contributed by atoms with E-state index in [-0.39, 0.29) is 11.3 Å². The van der Waals surface area contributed by atoms with Gasteiger partial charge in [-0.25, -0.2) is 8.78 Å². The monoisotopic (exact) mass is 263 g/mol. The van der Waals surface area contributed by atoms with Gasteiger partial charge in [0.2, 0.25) is 0 Å². The molecular weight excluding hydrogens is 252 g/mol. The van der Waals surface area contributed by atoms with Gasteiger partial charge in [-0.1, -0.05) is 6.07 Å². The Kier molecular flexibility index (Phi) is 3.46. The van der Waals surface area contributed by atoms with Gasteiger partial charge in [-0.2, -0.15) is 0 Å². The number of hydrogen-bond donors (Lipinski definition) is 2. The van der Waals surface area contributed by atoms with Crippen LogP contribution in [0.5, 0.6) is 5.75 Å². The maximum absolute atomic E-state index is 13.0. The Balaban J connectivity index is 2.22. The van der Waals surface area contributed by atoms with E-state index in [9.17, 15) is 18.7 Å². The second-order valence-corrected chi connectivity index (χ2v) is 4.11. The minimum absolute atomic E-state index is 0.0308. The average molecular weight is 263 g/mol. The van der Waals surface area contributed by atoms with E-state index in [4.69, 9.17) is 0 Å². The van der Waals surface area contributed by atoms with Crippen LogP contribution in [0.3, 0.4) is 0 Å². The minimum Gasteiger partial charge on any atom is -0.508 e. The highest BCUT2D eigenvalue weighted by Gasteiger charge is 2.10. The van der Waals surface area contributed by atoms with Crippen molar-refractivity contribution >= 4 is 11.6 Å². The lowest BCUT2D eigenvalue weighted by Gasteiger charge is -2.07. The Bertz CT molecular complexity index is 621. The highest BCUT2D eigenvalue weighted by atomic mass is 19.1. The van der Waals surface area contributed by atoms with Gasteiger partial charge in [0.25, 0.3) is 5.91 Å². The predicted octanol–water partition coefficient (Wildman–Crippen LogP) is 3.23. The molecule has 0 aromatic heterocycles. The van der Waals surface area contributed by atoms with Gasteiger partial charge in [0.05, 0.1) is 0 Å². The fourth-order valence-electron chi connectivity index (χ4n) is 1.58. The maximum atomic E-state index is 13.0. The van der Waals surface area contributed by atoms with Crippen LogP contribution >= 0.6 is 0 Å². The molecule has 0 aliphatic heterocycles. The predicted molar refractivity (Wildman–Crippen MR) is 67.2 cm³/mol. The molecule has 0 aliphatic rings. The number of carbonyl (C=O) groups is 1. The number of rotatable bonds is 2. The number of anilines is 1. The summed E-state index contributed by atoms with van der Waals surface area (Å²) in [4.78, 5) is 11.8. The molecule has 0 aliphatic carbocycles. The van der Waals surface area contributed by atoms with Crippen LogP contribution in [0, 0.1) is 18.6 Å². The Labute approximate surface area is 108 Å². The number of carbonyl (C=O) groups excluding carboxylic acids is 1. The van der Waals surface area contributed by atoms with Gasteiger partial charge < -0.3 is 10.4 Å². The quantitative estimate of drug-likeness (QED) is 0.873. The van der Waals surface area contributed by atoms with Crippen molar-refractivity contribution in [3.05, 3.63) is 59.2 Å². The summed E-state index contributed by atoms with van der Waals surface area (Å²) in [5, 5.41) is 11.9. The lowest BCUT2D eigenvalue weighted by molar-refractivity contribution is 0.102. The Morgan fingerprint density at radius 1 is 1.11 bits per heavy atom. The molecule has 0 heterocycles. The van der Waals surface area contributed by atoms with Gasteiger partial charge in [0, 0.05) is 23.4 Å². The molecule has 0 atom stereocenters. The molecule has 2 aromatic rings. The Hall–Kier alpha value is -2.43. The van der Waals surface area contributed by atoms with Crippen molar-refractivity contribution in [1.29, 1.82) is 0 Å². The number of aromatic hydroxyl groups is 1. The van der Waals surface area contributed by atoms with Gasteiger partial charge in [0.15, 0.2) is 0 Å². The summed E-state index contributed by atoms with van der Waals surface area (Å²) >= 11 is 0. The first-order valence-electron chi connectivity index (χ1n) is 5.53. The third-order valence-corrected chi connectivity index (χ3v) is 2.59. The van der Waals surface area contributed by atoms with Crippen molar-refractivity contribution in [3.63, 3.8) is 0 Å². The Morgan fingerprint density at radius 3 is 2.32 bits per heavy atom. The van der Waals surface area contributed by atoms with E-state index in [0.29, 0.717) is 17.3 Å². The zero-order chi connectivity index (χ0) is 14.0. The second-order valence-electron chi connectivity index (χ2n) is 4.11. The highest BCUT2D eigenvalue weighted by molar-refractivity contribution is 6.04. The molecule has 0 bridgehead atoms. The smallest absolute Gasteiger partial charge is 0.255 e. The van der Waals surface area contributed by atoms with E-state index < -0.39 is 17.5 Å². The number of phenolic OH excluding ortho intramolecular Hbond substituents is 1. The van der Waals surface area contributed by atoms with E-state index in [1.165, 1.54) is 6.07 Å². The third kappa shape index (κ3) is 3.07. The van der Waals surface area contributed by atoms with E-state index in [1.807, 2.05) is 0 Å². The summed E-state index contributed by atoms with van der Waals surface area (Å²) in [6.07, 6.45) is 0. The van der Waals surface area contributed by atoms with Crippen molar-refractivity contribution in [1.82, 2.24) is 0 Å². The van der Waals surface area contributed by atoms with Crippen LogP contribution in [-0.2, 0) is 0 Å². The molecule has 0 unspecified atom stereocenters. The molecule has 3 nitrogen and oxygen atoms in total. The number of phenols is 1. The molecule has 0 saturated heterocycles. The third-order valence-electron chi connectivity index (χ3n) is 2.59. The van der Waals surface area contributed by atoms with E-state index in [1.54, 1.807) is 19.1 Å². The average Bonchev–Trinajstić information content (AvgIpc) is 2.32. The van der Waals surface area contributed by atoms with Crippen LogP contribution in [0.15, 0.2) is 36.4 Å². The zero-order valence-corrected chi connectivity index (χ0v) is 10.1. The molecule has 1 amide bonds. The molecule has 98 valence electrons. The standard InChI is InChI=1S/C14H11F2NO2/c1-8-2-3-12(7-13(8)18)17-14(19)9-4-10(15)6-11(16)5-9/h2-7,18H,1H3,(H,17,19). The summed E-state index contributed by atoms with van der Waals surface area (Å²) in [7, 11) is 0. The van der Waals surface area contributed by atoms with Gasteiger partial charge >= 0.3 is 0 Å². The molecule has 0 fully saturated rings. The normalized spacial score (nSPS) is 10.3. The minimum atomic E-state index is -0.822. The molecule has 0 saturated carbocycles. The molecule has 2 rings (SSSR count). The van der Waals surface area contributed by atoms with Crippen LogP contribution < -0.4 is 5.32 Å². The summed E-state index contributed by atoms with van der Waals surface area (Å²) < 4.78 is 26.0. The lowest BCUT2D eigenvalue weighted by atomic mass is 10.1. The first kappa shape index (κ1) is 13.0. The van der Waals surface area contributed by atoms with Crippen LogP contribution in [-0.4, -0.2) is 11.0 Å². The fourth-order valence-corrected chi connectivity index (χ4v) is 1.58. The van der Waals surface area contributed by atoms with Crippen molar-refractivity contribution < 1.29 is 18.7 Å². The van der Waals surface area contributed by atoms with E-state index in [0.717, 1.165) is 12.1 Å². The molecule has 0 radical (unpaired) electrons. The molecular formula is C14H11F2NO2. The zero-order valence-electron chi connectivity index (χ0n) is 10.1. The fraction of sp³-hybridized carbons (Fsp3) is 0.0714. The number of aryl methyl sites for hydroxylation is 1. The number of halogens is 2. The van der Waals surface area contributed by atoms with Crippen LogP contribution in [0.4, 0.5) is 14.5 Å². The summed E-state index contributed by atoms with van der Waals surface area (Å²) in [5.74, 6) is -2.27. The van der Waals surface area contributed by atoms with E-state index >= 15 is 0 Å². The van der Waals surface area contributed by atoms with Gasteiger partial charge in [-0.05, 0) is 30.7 Å². The number of nitrogens with one attached hydrogen (secondary N) is 1. The molecule has 2 N–H and O–H groups in total. The lowest BCUT2D eigenvalue weighted by Crippen LogP contribution is -2.12. The van der Waals surface area contributed by atoms with Crippen molar-refractivity contribution in [2.75, 3.05) is 5.32 Å². The van der Waals surface area contributed by atoms with Crippen molar-refractivity contribution in [2.45, 2.75) is 6.92 Å². The van der Waals surface area contributed by atoms with Crippen LogP contribution in [0.25, 0.3) is 0 Å². The number of benzene rings is 2. The number of hydrogen-bond acceptors (Lipinski definition) is 2. The van der Waals surface area contributed by atoms with Crippen molar-refractivity contribution in [3.8, 4) is 5.75 Å². The largest absolute Gasteiger partial charge is 0.508 e. The molecule has 5 heteroatoms. The van der Waals surface area contributed by atoms with Crippen LogP contribution in [0.1, 0.15) is 15.9 Å². The number of amides is 1. The second kappa shape index (κ2) is 5.06. The van der Waals surface area contributed by atoms with Gasteiger partial charge in [0.1, 0.15) is 17.4 Å². The van der Waals surface area contributed by atoms with Crippen molar-refractivity contribution in [2.24, 2.45) is 0 Å². The SMILES string of the molecule is Cc1ccc(NC(=O)c2cc(F)cc(F)c2)cc1O. The summed E-state index contributed by atoms with van der Waals surface area (Å²) in [6.45, 7) is 1.71. The van der Waals surface area contributed by atoms with Gasteiger partial charge in [-0.15, -0.1) is 0 Å². The molecule has 0 spiro atoms. The topological polar surface area (TPSA) is 49.3 Å². The summed E-state index contributed by atoms with van der Waals surface area (Å²) in [6, 6.07) is 7.13. The molecule has 19 heavy (non-hydrogen) atoms. The van der Waals surface area contributed by atoms with E-state index in [2.05, 4.69) is 5.32 Å². The maximum Gasteiger partial charge on any atom is 0.255 e. The molecule has 2 aromatic carbocycles. The first-order chi connectivity index (χ1) is 8.95. The summed E-state index contributed by atoms with van der Waals surface area (Å²) in [5.41, 5.74) is 0.880. The highest BCUT2D eigenvalue weighted by Crippen LogP contribution is 2.21. The van der Waals surface area contributed by atoms with Gasteiger partial charge in [-0.3, -0.25) is 4.79 Å². The first-order valence-corrected chi connectivity index (χ1v) is 5.53. The Morgan fingerprint density at radius 2 is 1.74 bits per heavy atom.